The quantitative estimate of drug-likeness (QED) is 0.832. The highest BCUT2D eigenvalue weighted by molar-refractivity contribution is 5.45. The summed E-state index contributed by atoms with van der Waals surface area (Å²) in [6, 6.07) is 5.03. The maximum atomic E-state index is 13.7. The molecule has 1 aliphatic heterocycles. The molecule has 0 saturated carbocycles. The van der Waals surface area contributed by atoms with Gasteiger partial charge in [-0.3, -0.25) is 0 Å². The van der Waals surface area contributed by atoms with Gasteiger partial charge in [-0.15, -0.1) is 0 Å². The largest absolute Gasteiger partial charge is 0.353 e. The summed E-state index contributed by atoms with van der Waals surface area (Å²) in [4.78, 5) is 16.7. The third-order valence-corrected chi connectivity index (χ3v) is 3.43. The lowest BCUT2D eigenvalue weighted by Gasteiger charge is -2.36. The fraction of sp³-hybridized carbons (Fsp3) is 0.357. The van der Waals surface area contributed by atoms with Crippen LogP contribution in [0.4, 0.5) is 16.0 Å². The average Bonchev–Trinajstić information content (AvgIpc) is 2.48. The first kappa shape index (κ1) is 12.8. The maximum Gasteiger partial charge on any atom is 0.165 e. The summed E-state index contributed by atoms with van der Waals surface area (Å²) < 4.78 is 13.7. The van der Waals surface area contributed by atoms with Crippen LogP contribution in [0.3, 0.4) is 0 Å². The van der Waals surface area contributed by atoms with Crippen LogP contribution in [0.25, 0.3) is 0 Å². The summed E-state index contributed by atoms with van der Waals surface area (Å²) in [5, 5.41) is 0. The lowest BCUT2D eigenvalue weighted by Crippen LogP contribution is -2.47. The maximum absolute atomic E-state index is 13.7. The predicted octanol–water partition coefficient (Wildman–Crippen LogP) is 1.65. The first-order valence-corrected chi connectivity index (χ1v) is 6.63. The van der Waals surface area contributed by atoms with Gasteiger partial charge in [0, 0.05) is 44.1 Å². The second-order valence-corrected chi connectivity index (χ2v) is 4.80. The van der Waals surface area contributed by atoms with Crippen LogP contribution in [-0.2, 0) is 0 Å². The molecule has 1 saturated heterocycles. The van der Waals surface area contributed by atoms with E-state index in [0.717, 1.165) is 37.7 Å². The summed E-state index contributed by atoms with van der Waals surface area (Å²) >= 11 is 0. The second-order valence-electron chi connectivity index (χ2n) is 4.80. The van der Waals surface area contributed by atoms with Crippen LogP contribution in [0.1, 0.15) is 5.69 Å². The van der Waals surface area contributed by atoms with E-state index >= 15 is 0 Å². The van der Waals surface area contributed by atoms with E-state index in [4.69, 9.17) is 0 Å². The number of rotatable bonds is 2. The minimum absolute atomic E-state index is 0.265. The highest BCUT2D eigenvalue weighted by atomic mass is 19.1. The molecule has 3 rings (SSSR count). The van der Waals surface area contributed by atoms with E-state index in [0.29, 0.717) is 5.82 Å². The molecule has 0 bridgehead atoms. The Bertz CT molecular complexity index is 596. The molecule has 6 heteroatoms. The molecule has 1 fully saturated rings. The first-order valence-electron chi connectivity index (χ1n) is 6.63. The molecule has 5 nitrogen and oxygen atoms in total. The number of aryl methyl sites for hydroxylation is 1. The van der Waals surface area contributed by atoms with E-state index in [9.17, 15) is 4.39 Å². The third-order valence-electron chi connectivity index (χ3n) is 3.43. The van der Waals surface area contributed by atoms with Gasteiger partial charge in [-0.25, -0.2) is 19.3 Å². The minimum Gasteiger partial charge on any atom is -0.353 e. The van der Waals surface area contributed by atoms with Crippen molar-refractivity contribution in [3.63, 3.8) is 0 Å². The van der Waals surface area contributed by atoms with Crippen LogP contribution < -0.4 is 9.80 Å². The van der Waals surface area contributed by atoms with Crippen LogP contribution in [0, 0.1) is 12.7 Å². The van der Waals surface area contributed by atoms with Gasteiger partial charge in [0.2, 0.25) is 0 Å². The van der Waals surface area contributed by atoms with Gasteiger partial charge in [-0.1, -0.05) is 0 Å². The Kier molecular flexibility index (Phi) is 3.45. The van der Waals surface area contributed by atoms with Gasteiger partial charge in [0.25, 0.3) is 0 Å². The normalized spacial score (nSPS) is 15.5. The Balaban J connectivity index is 1.70. The lowest BCUT2D eigenvalue weighted by molar-refractivity contribution is 0.587. The molecule has 0 aliphatic carbocycles. The monoisotopic (exact) mass is 273 g/mol. The van der Waals surface area contributed by atoms with Gasteiger partial charge in [-0.05, 0) is 19.1 Å². The average molecular weight is 273 g/mol. The second kappa shape index (κ2) is 5.40. The van der Waals surface area contributed by atoms with Crippen molar-refractivity contribution in [1.29, 1.82) is 0 Å². The van der Waals surface area contributed by atoms with Crippen LogP contribution in [0.2, 0.25) is 0 Å². The molecule has 0 atom stereocenters. The lowest BCUT2D eigenvalue weighted by atomic mass is 10.3. The van der Waals surface area contributed by atoms with E-state index in [-0.39, 0.29) is 5.82 Å². The summed E-state index contributed by atoms with van der Waals surface area (Å²) in [6.45, 7) is 5.01. The number of pyridine rings is 1. The van der Waals surface area contributed by atoms with Crippen molar-refractivity contribution in [2.75, 3.05) is 36.0 Å². The minimum atomic E-state index is -0.265. The Labute approximate surface area is 117 Å². The van der Waals surface area contributed by atoms with E-state index in [1.54, 1.807) is 18.6 Å². The molecule has 0 spiro atoms. The number of aromatic nitrogens is 3. The molecule has 0 unspecified atom stereocenters. The Morgan fingerprint density at radius 2 is 1.80 bits per heavy atom. The molecular weight excluding hydrogens is 257 g/mol. The van der Waals surface area contributed by atoms with Crippen molar-refractivity contribution in [1.82, 2.24) is 15.0 Å². The molecule has 2 aromatic rings. The summed E-state index contributed by atoms with van der Waals surface area (Å²) in [7, 11) is 0. The Hall–Kier alpha value is -2.24. The van der Waals surface area contributed by atoms with Gasteiger partial charge >= 0.3 is 0 Å². The number of piperazine rings is 1. The third kappa shape index (κ3) is 2.54. The van der Waals surface area contributed by atoms with Crippen molar-refractivity contribution in [3.8, 4) is 0 Å². The fourth-order valence-electron chi connectivity index (χ4n) is 2.37. The van der Waals surface area contributed by atoms with E-state index < -0.39 is 0 Å². The van der Waals surface area contributed by atoms with Crippen molar-refractivity contribution in [2.24, 2.45) is 0 Å². The fourth-order valence-corrected chi connectivity index (χ4v) is 2.37. The molecule has 2 aromatic heterocycles. The number of hydrogen-bond donors (Lipinski definition) is 0. The number of anilines is 2. The zero-order chi connectivity index (χ0) is 13.9. The van der Waals surface area contributed by atoms with Gasteiger partial charge < -0.3 is 9.80 Å². The summed E-state index contributed by atoms with van der Waals surface area (Å²) in [6.07, 6.45) is 3.20. The molecule has 3 heterocycles. The van der Waals surface area contributed by atoms with E-state index in [1.807, 2.05) is 17.9 Å². The molecule has 104 valence electrons. The SMILES string of the molecule is Cc1cc(N2CCN(c3ncccc3F)CC2)ncn1. The van der Waals surface area contributed by atoms with Crippen LogP contribution >= 0.6 is 0 Å². The molecule has 20 heavy (non-hydrogen) atoms. The van der Waals surface area contributed by atoms with Crippen molar-refractivity contribution in [3.05, 3.63) is 42.2 Å². The molecular formula is C14H16FN5. The number of halogens is 1. The zero-order valence-electron chi connectivity index (χ0n) is 11.3. The topological polar surface area (TPSA) is 45.2 Å². The van der Waals surface area contributed by atoms with Crippen molar-refractivity contribution < 1.29 is 4.39 Å². The highest BCUT2D eigenvalue weighted by Crippen LogP contribution is 2.19. The predicted molar refractivity (Wildman–Crippen MR) is 75.4 cm³/mol. The summed E-state index contributed by atoms with van der Waals surface area (Å²) in [5.74, 6) is 1.10. The van der Waals surface area contributed by atoms with Gasteiger partial charge in [0.1, 0.15) is 12.1 Å². The molecule has 0 amide bonds. The molecule has 0 aromatic carbocycles. The Morgan fingerprint density at radius 3 is 2.50 bits per heavy atom. The van der Waals surface area contributed by atoms with E-state index in [1.165, 1.54) is 6.07 Å². The van der Waals surface area contributed by atoms with Crippen LogP contribution in [0.15, 0.2) is 30.7 Å². The van der Waals surface area contributed by atoms with Gasteiger partial charge in [0.05, 0.1) is 0 Å². The van der Waals surface area contributed by atoms with Crippen molar-refractivity contribution >= 4 is 11.6 Å². The van der Waals surface area contributed by atoms with Gasteiger partial charge in [0.15, 0.2) is 11.6 Å². The number of nitrogens with zero attached hydrogens (tertiary/aromatic N) is 5. The molecule has 0 radical (unpaired) electrons. The first-order chi connectivity index (χ1) is 9.74. The highest BCUT2D eigenvalue weighted by Gasteiger charge is 2.21. The van der Waals surface area contributed by atoms with E-state index in [2.05, 4.69) is 19.9 Å². The van der Waals surface area contributed by atoms with Crippen LogP contribution in [0.5, 0.6) is 0 Å². The Morgan fingerprint density at radius 1 is 1.05 bits per heavy atom. The molecule has 0 N–H and O–H groups in total. The smallest absolute Gasteiger partial charge is 0.165 e. The van der Waals surface area contributed by atoms with Crippen LogP contribution in [-0.4, -0.2) is 41.1 Å². The van der Waals surface area contributed by atoms with Crippen molar-refractivity contribution in [2.45, 2.75) is 6.92 Å². The molecule has 1 aliphatic rings. The standard InChI is InChI=1S/C14H16FN5/c1-11-9-13(18-10-17-11)19-5-7-20(8-6-19)14-12(15)3-2-4-16-14/h2-4,9-10H,5-8H2,1H3. The zero-order valence-corrected chi connectivity index (χ0v) is 11.3. The number of hydrogen-bond acceptors (Lipinski definition) is 5. The summed E-state index contributed by atoms with van der Waals surface area (Å²) in [5.41, 5.74) is 0.952. The van der Waals surface area contributed by atoms with Gasteiger partial charge in [-0.2, -0.15) is 0 Å².